The lowest BCUT2D eigenvalue weighted by Gasteiger charge is -2.51. The van der Waals surface area contributed by atoms with Crippen molar-refractivity contribution in [3.8, 4) is 11.5 Å². The summed E-state index contributed by atoms with van der Waals surface area (Å²) in [6, 6.07) is 5.24. The largest absolute Gasteiger partial charge is 0.421 e. The summed E-state index contributed by atoms with van der Waals surface area (Å²) in [5.41, 5.74) is 1.51. The van der Waals surface area contributed by atoms with Gasteiger partial charge in [0.05, 0.1) is 13.2 Å². The molecular weight excluding hydrogens is 447 g/mol. The minimum Gasteiger partial charge on any atom is -0.421 e. The number of amides is 1. The number of ether oxygens (including phenoxy) is 1. The monoisotopic (exact) mass is 486 g/mol. The average molecular weight is 487 g/mol. The maximum Gasteiger partial charge on any atom is 0.247 e. The minimum atomic E-state index is -0.205. The molecule has 3 fully saturated rings. The van der Waals surface area contributed by atoms with Crippen molar-refractivity contribution >= 4 is 6.41 Å². The van der Waals surface area contributed by atoms with Crippen LogP contribution in [0.4, 0.5) is 4.39 Å². The molecule has 2 unspecified atom stereocenters. The minimum absolute atomic E-state index is 0.155. The van der Waals surface area contributed by atoms with Gasteiger partial charge in [0, 0.05) is 43.2 Å². The van der Waals surface area contributed by atoms with Crippen molar-refractivity contribution in [2.75, 3.05) is 33.4 Å². The van der Waals surface area contributed by atoms with Crippen molar-refractivity contribution < 1.29 is 18.3 Å². The van der Waals surface area contributed by atoms with E-state index in [0.717, 1.165) is 42.8 Å². The summed E-state index contributed by atoms with van der Waals surface area (Å²) >= 11 is 0. The molecule has 1 amide bonds. The second kappa shape index (κ2) is 11.2. The Balaban J connectivity index is 0.000000308. The Morgan fingerprint density at radius 1 is 1.17 bits per heavy atom. The fraction of sp³-hybridized carbons (Fsp3) is 0.667. The first-order chi connectivity index (χ1) is 16.8. The quantitative estimate of drug-likeness (QED) is 0.571. The predicted molar refractivity (Wildman–Crippen MR) is 132 cm³/mol. The molecule has 5 rings (SSSR count). The van der Waals surface area contributed by atoms with Gasteiger partial charge in [0.15, 0.2) is 0 Å². The maximum absolute atomic E-state index is 14.8. The van der Waals surface area contributed by atoms with Crippen LogP contribution in [0.1, 0.15) is 57.4 Å². The number of halogens is 1. The zero-order chi connectivity index (χ0) is 25.0. The molecule has 0 spiro atoms. The number of nitrogens with zero attached hydrogens (tertiary/aromatic N) is 4. The Morgan fingerprint density at radius 2 is 1.86 bits per heavy atom. The van der Waals surface area contributed by atoms with Crippen LogP contribution >= 0.6 is 0 Å². The number of morpholine rings is 1. The van der Waals surface area contributed by atoms with Crippen molar-refractivity contribution in [3.63, 3.8) is 0 Å². The van der Waals surface area contributed by atoms with Gasteiger partial charge < -0.3 is 14.1 Å². The van der Waals surface area contributed by atoms with Crippen LogP contribution in [0.25, 0.3) is 11.5 Å². The lowest BCUT2D eigenvalue weighted by molar-refractivity contribution is -0.121. The van der Waals surface area contributed by atoms with Crippen LogP contribution in [0.15, 0.2) is 22.6 Å². The van der Waals surface area contributed by atoms with Gasteiger partial charge in [-0.15, -0.1) is 10.2 Å². The third kappa shape index (κ3) is 6.47. The van der Waals surface area contributed by atoms with Gasteiger partial charge in [0.2, 0.25) is 18.2 Å². The van der Waals surface area contributed by atoms with Gasteiger partial charge in [0.25, 0.3) is 0 Å². The molecule has 2 aromatic rings. The van der Waals surface area contributed by atoms with E-state index in [2.05, 4.69) is 36.0 Å². The number of hydrogen-bond acceptors (Lipinski definition) is 6. The molecule has 1 aliphatic heterocycles. The molecule has 0 N–H and O–H groups in total. The van der Waals surface area contributed by atoms with E-state index in [1.165, 1.54) is 38.2 Å². The van der Waals surface area contributed by atoms with Crippen molar-refractivity contribution in [2.45, 2.75) is 65.0 Å². The molecule has 2 aliphatic carbocycles. The summed E-state index contributed by atoms with van der Waals surface area (Å²) in [5, 5.41) is 7.80. The topological polar surface area (TPSA) is 71.7 Å². The Bertz CT molecular complexity index is 973. The van der Waals surface area contributed by atoms with Crippen LogP contribution in [0.5, 0.6) is 0 Å². The molecule has 3 aliphatic rings. The van der Waals surface area contributed by atoms with E-state index in [-0.39, 0.29) is 11.4 Å². The molecule has 2 heterocycles. The molecule has 1 saturated heterocycles. The summed E-state index contributed by atoms with van der Waals surface area (Å²) in [4.78, 5) is 14.1. The van der Waals surface area contributed by atoms with Crippen molar-refractivity contribution in [1.29, 1.82) is 0 Å². The summed E-state index contributed by atoms with van der Waals surface area (Å²) in [7, 11) is 2.15. The number of hydrogen-bond donors (Lipinski definition) is 0. The van der Waals surface area contributed by atoms with E-state index in [1.807, 2.05) is 12.1 Å². The molecule has 2 saturated carbocycles. The third-order valence-corrected chi connectivity index (χ3v) is 7.94. The molecule has 0 radical (unpaired) electrons. The van der Waals surface area contributed by atoms with Crippen LogP contribution < -0.4 is 0 Å². The molecule has 8 heteroatoms. The summed E-state index contributed by atoms with van der Waals surface area (Å²) in [5.74, 6) is 3.16. The molecule has 2 bridgehead atoms. The predicted octanol–water partition coefficient (Wildman–Crippen LogP) is 4.70. The molecule has 192 valence electrons. The van der Waals surface area contributed by atoms with Gasteiger partial charge in [-0.2, -0.15) is 0 Å². The smallest absolute Gasteiger partial charge is 0.247 e. The summed E-state index contributed by atoms with van der Waals surface area (Å²) in [6.07, 6.45) is 7.42. The van der Waals surface area contributed by atoms with Crippen LogP contribution in [-0.4, -0.2) is 65.3 Å². The SMILES string of the molecule is Cc1nnc(-c2ccc(CN(C)C3(C)CC4CC(C)CC(C4)C3)c(F)c2)o1.O=CN1CCOCC1. The fourth-order valence-electron chi connectivity index (χ4n) is 6.22. The van der Waals surface area contributed by atoms with Crippen LogP contribution in [-0.2, 0) is 16.1 Å². The highest BCUT2D eigenvalue weighted by Gasteiger charge is 2.43. The zero-order valence-electron chi connectivity index (χ0n) is 21.5. The second-order valence-corrected chi connectivity index (χ2v) is 11.0. The summed E-state index contributed by atoms with van der Waals surface area (Å²) < 4.78 is 25.2. The number of aromatic nitrogens is 2. The second-order valence-electron chi connectivity index (χ2n) is 11.0. The van der Waals surface area contributed by atoms with Crippen LogP contribution in [0, 0.1) is 30.5 Å². The van der Waals surface area contributed by atoms with E-state index < -0.39 is 0 Å². The highest BCUT2D eigenvalue weighted by atomic mass is 19.1. The van der Waals surface area contributed by atoms with E-state index in [0.29, 0.717) is 37.1 Å². The Hall–Kier alpha value is -2.32. The van der Waals surface area contributed by atoms with E-state index in [4.69, 9.17) is 9.15 Å². The van der Waals surface area contributed by atoms with Crippen molar-refractivity contribution in [3.05, 3.63) is 35.5 Å². The number of aryl methyl sites for hydroxylation is 1. The first-order valence-corrected chi connectivity index (χ1v) is 12.8. The Labute approximate surface area is 208 Å². The van der Waals surface area contributed by atoms with Crippen LogP contribution in [0.2, 0.25) is 0 Å². The standard InChI is InChI=1S/C22H30FN3O.C5H9NO2/c1-14-7-16-9-17(8-14)12-22(3,11-16)26(4)13-19-6-5-18(10-20(19)23)21-25-24-15(2)27-21;7-5-6-1-3-8-4-2-6/h5-6,10,14,16-17H,7-9,11-13H2,1-4H3;5H,1-4H2. The van der Waals surface area contributed by atoms with Gasteiger partial charge in [-0.1, -0.05) is 13.0 Å². The number of benzene rings is 1. The van der Waals surface area contributed by atoms with Crippen LogP contribution in [0.3, 0.4) is 0 Å². The summed E-state index contributed by atoms with van der Waals surface area (Å²) in [6.45, 7) is 10.0. The molecule has 35 heavy (non-hydrogen) atoms. The van der Waals surface area contributed by atoms with Gasteiger partial charge in [-0.3, -0.25) is 9.69 Å². The number of rotatable bonds is 5. The molecule has 7 nitrogen and oxygen atoms in total. The Morgan fingerprint density at radius 3 is 2.40 bits per heavy atom. The molecule has 1 aromatic heterocycles. The maximum atomic E-state index is 14.8. The van der Waals surface area contributed by atoms with Gasteiger partial charge in [-0.25, -0.2) is 4.39 Å². The Kier molecular flexibility index (Phi) is 8.22. The van der Waals surface area contributed by atoms with E-state index in [1.54, 1.807) is 11.8 Å². The molecule has 2 atom stereocenters. The first kappa shape index (κ1) is 25.8. The first-order valence-electron chi connectivity index (χ1n) is 12.8. The average Bonchev–Trinajstić information content (AvgIpc) is 3.26. The third-order valence-electron chi connectivity index (χ3n) is 7.94. The van der Waals surface area contributed by atoms with Crippen molar-refractivity contribution in [1.82, 2.24) is 20.0 Å². The number of fused-ring (bicyclic) bond motifs is 2. The van der Waals surface area contributed by atoms with Crippen molar-refractivity contribution in [2.24, 2.45) is 17.8 Å². The lowest BCUT2D eigenvalue weighted by atomic mass is 9.62. The van der Waals surface area contributed by atoms with Gasteiger partial charge in [0.1, 0.15) is 5.82 Å². The highest BCUT2D eigenvalue weighted by molar-refractivity contribution is 5.53. The van der Waals surface area contributed by atoms with E-state index >= 15 is 0 Å². The fourth-order valence-corrected chi connectivity index (χ4v) is 6.22. The van der Waals surface area contributed by atoms with E-state index in [9.17, 15) is 9.18 Å². The van der Waals surface area contributed by atoms with Gasteiger partial charge >= 0.3 is 0 Å². The molecule has 1 aromatic carbocycles. The normalized spacial score (nSPS) is 28.4. The highest BCUT2D eigenvalue weighted by Crippen LogP contribution is 2.48. The molecular formula is C27H39FN4O3. The number of carbonyl (C=O) groups is 1. The lowest BCUT2D eigenvalue weighted by Crippen LogP contribution is -2.50. The zero-order valence-corrected chi connectivity index (χ0v) is 21.5. The van der Waals surface area contributed by atoms with Gasteiger partial charge in [-0.05, 0) is 76.0 Å². The number of carbonyl (C=O) groups excluding carboxylic acids is 1.